The average Bonchev–Trinajstić information content (AvgIpc) is 3.07. The second-order valence-corrected chi connectivity index (χ2v) is 9.00. The predicted molar refractivity (Wildman–Crippen MR) is 128 cm³/mol. The molecule has 1 aromatic heterocycles. The Hall–Kier alpha value is -2.39. The summed E-state index contributed by atoms with van der Waals surface area (Å²) in [5.74, 6) is -0.442. The lowest BCUT2D eigenvalue weighted by Crippen LogP contribution is -3.12. The highest BCUT2D eigenvalue weighted by Crippen LogP contribution is 2.37. The summed E-state index contributed by atoms with van der Waals surface area (Å²) in [5.41, 5.74) is 4.33. The van der Waals surface area contributed by atoms with Gasteiger partial charge >= 0.3 is 11.9 Å². The largest absolute Gasteiger partial charge is 1.00 e. The van der Waals surface area contributed by atoms with Crippen molar-refractivity contribution in [2.45, 2.75) is 27.3 Å². The smallest absolute Gasteiger partial charge is 0.340 e. The Morgan fingerprint density at radius 2 is 1.82 bits per heavy atom. The first-order valence-corrected chi connectivity index (χ1v) is 11.9. The third-order valence-electron chi connectivity index (χ3n) is 5.76. The highest BCUT2D eigenvalue weighted by Gasteiger charge is 2.29. The van der Waals surface area contributed by atoms with E-state index in [-0.39, 0.29) is 25.0 Å². The second-order valence-electron chi connectivity index (χ2n) is 8.15. The molecule has 0 amide bonds. The number of ether oxygens (including phenoxy) is 3. The van der Waals surface area contributed by atoms with Gasteiger partial charge in [0, 0.05) is 18.0 Å². The van der Waals surface area contributed by atoms with Crippen molar-refractivity contribution in [2.75, 3.05) is 32.9 Å². The van der Waals surface area contributed by atoms with E-state index in [1.807, 2.05) is 13.0 Å². The van der Waals surface area contributed by atoms with Crippen molar-refractivity contribution in [2.24, 2.45) is 0 Å². The van der Waals surface area contributed by atoms with Crippen molar-refractivity contribution in [1.29, 1.82) is 0 Å². The number of morpholine rings is 1. The number of benzene rings is 2. The Morgan fingerprint density at radius 3 is 2.44 bits per heavy atom. The third kappa shape index (κ3) is 5.46. The van der Waals surface area contributed by atoms with Crippen LogP contribution in [0.4, 0.5) is 0 Å². The van der Waals surface area contributed by atoms with Crippen LogP contribution in [-0.2, 0) is 20.8 Å². The molecule has 182 valence electrons. The molecule has 0 radical (unpaired) electrons. The quantitative estimate of drug-likeness (QED) is 0.351. The van der Waals surface area contributed by atoms with Crippen molar-refractivity contribution in [1.82, 2.24) is 4.57 Å². The summed E-state index contributed by atoms with van der Waals surface area (Å²) in [6, 6.07) is 11.9. The van der Waals surface area contributed by atoms with E-state index in [0.717, 1.165) is 35.6 Å². The first-order valence-electron chi connectivity index (χ1n) is 11.1. The molecule has 1 aliphatic heterocycles. The van der Waals surface area contributed by atoms with E-state index in [1.165, 1.54) is 11.8 Å². The van der Waals surface area contributed by atoms with E-state index >= 15 is 0 Å². The fourth-order valence-electron chi connectivity index (χ4n) is 4.23. The molecule has 0 atom stereocenters. The maximum absolute atomic E-state index is 13.2. The Labute approximate surface area is 213 Å². The number of halogens is 2. The summed E-state index contributed by atoms with van der Waals surface area (Å²) < 4.78 is 19.2. The average molecular weight is 552 g/mol. The van der Waals surface area contributed by atoms with Gasteiger partial charge in [-0.15, -0.1) is 0 Å². The van der Waals surface area contributed by atoms with E-state index in [9.17, 15) is 9.59 Å². The molecule has 34 heavy (non-hydrogen) atoms. The number of rotatable bonds is 6. The molecule has 1 saturated heterocycles. The fraction of sp³-hybridized carbons (Fsp3) is 0.360. The maximum atomic E-state index is 13.2. The lowest BCUT2D eigenvalue weighted by molar-refractivity contribution is -0.921. The standard InChI is InChI=1S/C25H27BrN2O5.ClH/c1-4-32-25(30)24-19-13-23(33-17(3)29)20(26)14-21(19)28(18-7-5-16(2)6-8-18)22(24)15-27-9-11-31-12-10-27;/h5-8,13-14H,4,9-12,15H2,1-3H3;1H. The topological polar surface area (TPSA) is 71.2 Å². The van der Waals surface area contributed by atoms with Crippen LogP contribution in [0.3, 0.4) is 0 Å². The van der Waals surface area contributed by atoms with Crippen LogP contribution in [0.1, 0.15) is 35.5 Å². The Balaban J connectivity index is 0.00000324. The number of aryl methyl sites for hydroxylation is 1. The molecule has 0 saturated carbocycles. The number of nitrogens with zero attached hydrogens (tertiary/aromatic N) is 1. The lowest BCUT2D eigenvalue weighted by atomic mass is 10.1. The maximum Gasteiger partial charge on any atom is 0.340 e. The van der Waals surface area contributed by atoms with Crippen LogP contribution in [0, 0.1) is 6.92 Å². The molecule has 1 fully saturated rings. The first-order chi connectivity index (χ1) is 15.9. The van der Waals surface area contributed by atoms with Gasteiger partial charge in [-0.2, -0.15) is 0 Å². The van der Waals surface area contributed by atoms with Crippen molar-refractivity contribution < 1.29 is 41.1 Å². The molecule has 0 unspecified atom stereocenters. The number of hydrogen-bond acceptors (Lipinski definition) is 5. The van der Waals surface area contributed by atoms with Crippen LogP contribution in [-0.4, -0.2) is 49.4 Å². The Bertz CT molecular complexity index is 1190. The van der Waals surface area contributed by atoms with Gasteiger partial charge < -0.3 is 36.1 Å². The van der Waals surface area contributed by atoms with E-state index in [2.05, 4.69) is 44.8 Å². The highest BCUT2D eigenvalue weighted by atomic mass is 79.9. The molecule has 7 nitrogen and oxygen atoms in total. The number of hydrogen-bond donors (Lipinski definition) is 1. The van der Waals surface area contributed by atoms with Gasteiger partial charge in [-0.05, 0) is 54.0 Å². The SMILES string of the molecule is CCOC(=O)c1c(C[NH+]2CCOCC2)n(-c2ccc(C)cc2)c2cc(Br)c(OC(C)=O)cc12.[Cl-]. The molecule has 0 spiro atoms. The number of quaternary nitrogens is 1. The van der Waals surface area contributed by atoms with Crippen molar-refractivity contribution in [3.05, 3.63) is 57.7 Å². The van der Waals surface area contributed by atoms with Crippen LogP contribution < -0.4 is 22.0 Å². The van der Waals surface area contributed by atoms with Crippen LogP contribution >= 0.6 is 15.9 Å². The molecule has 1 aliphatic rings. The van der Waals surface area contributed by atoms with Crippen molar-refractivity contribution in [3.63, 3.8) is 0 Å². The number of nitrogens with one attached hydrogen (secondary N) is 1. The molecule has 1 N–H and O–H groups in total. The summed E-state index contributed by atoms with van der Waals surface area (Å²) in [6.45, 7) is 9.21. The number of fused-ring (bicyclic) bond motifs is 1. The van der Waals surface area contributed by atoms with Gasteiger partial charge in [0.1, 0.15) is 25.4 Å². The molecular weight excluding hydrogens is 524 g/mol. The summed E-state index contributed by atoms with van der Waals surface area (Å²) in [6.07, 6.45) is 0. The van der Waals surface area contributed by atoms with Gasteiger partial charge in [-0.3, -0.25) is 4.79 Å². The number of carbonyl (C=O) groups excluding carboxylic acids is 2. The number of aromatic nitrogens is 1. The summed E-state index contributed by atoms with van der Waals surface area (Å²) in [4.78, 5) is 26.2. The van der Waals surface area contributed by atoms with E-state index in [1.54, 1.807) is 13.0 Å². The zero-order chi connectivity index (χ0) is 23.5. The van der Waals surface area contributed by atoms with E-state index in [0.29, 0.717) is 40.9 Å². The summed E-state index contributed by atoms with van der Waals surface area (Å²) in [7, 11) is 0. The van der Waals surface area contributed by atoms with Gasteiger partial charge in [-0.1, -0.05) is 17.7 Å². The highest BCUT2D eigenvalue weighted by molar-refractivity contribution is 9.10. The monoisotopic (exact) mass is 550 g/mol. The van der Waals surface area contributed by atoms with Crippen LogP contribution in [0.25, 0.3) is 16.6 Å². The molecule has 0 aliphatic carbocycles. The molecule has 2 aromatic carbocycles. The van der Waals surface area contributed by atoms with Gasteiger partial charge in [0.15, 0.2) is 0 Å². The van der Waals surface area contributed by atoms with Crippen molar-refractivity contribution >= 4 is 38.8 Å². The van der Waals surface area contributed by atoms with Crippen LogP contribution in [0.2, 0.25) is 0 Å². The van der Waals surface area contributed by atoms with E-state index in [4.69, 9.17) is 14.2 Å². The van der Waals surface area contributed by atoms with E-state index < -0.39 is 5.97 Å². The molecule has 2 heterocycles. The summed E-state index contributed by atoms with van der Waals surface area (Å²) >= 11 is 3.54. The van der Waals surface area contributed by atoms with Crippen molar-refractivity contribution in [3.8, 4) is 11.4 Å². The normalized spacial score (nSPS) is 14.0. The van der Waals surface area contributed by atoms with Gasteiger partial charge in [0.25, 0.3) is 0 Å². The zero-order valence-corrected chi connectivity index (χ0v) is 21.8. The molecular formula is C25H28BrClN2O5. The molecule has 4 rings (SSSR count). The molecule has 9 heteroatoms. The van der Waals surface area contributed by atoms with Crippen LogP contribution in [0.5, 0.6) is 5.75 Å². The Morgan fingerprint density at radius 1 is 1.15 bits per heavy atom. The number of esters is 2. The Kier molecular flexibility index (Phi) is 8.76. The number of carbonyl (C=O) groups is 2. The lowest BCUT2D eigenvalue weighted by Gasteiger charge is -2.25. The van der Waals surface area contributed by atoms with Gasteiger partial charge in [0.05, 0.1) is 41.1 Å². The fourth-order valence-corrected chi connectivity index (χ4v) is 4.65. The minimum atomic E-state index is -0.427. The third-order valence-corrected chi connectivity index (χ3v) is 6.38. The second kappa shape index (κ2) is 11.4. The summed E-state index contributed by atoms with van der Waals surface area (Å²) in [5, 5.41) is 0.691. The zero-order valence-electron chi connectivity index (χ0n) is 19.5. The first kappa shape index (κ1) is 26.2. The predicted octanol–water partition coefficient (Wildman–Crippen LogP) is 0.223. The van der Waals surface area contributed by atoms with Crippen LogP contribution in [0.15, 0.2) is 40.9 Å². The van der Waals surface area contributed by atoms with Gasteiger partial charge in [0.2, 0.25) is 0 Å². The van der Waals surface area contributed by atoms with Gasteiger partial charge in [-0.25, -0.2) is 4.79 Å². The minimum absolute atomic E-state index is 0. The molecule has 0 bridgehead atoms. The minimum Gasteiger partial charge on any atom is -1.00 e. The molecule has 3 aromatic rings.